The number of hydrogen-bond donors (Lipinski definition) is 0. The lowest BCUT2D eigenvalue weighted by Gasteiger charge is -2.06. The Balaban J connectivity index is 2.17. The minimum Gasteiger partial charge on any atom is -0.421 e. The quantitative estimate of drug-likeness (QED) is 0.696. The van der Waals surface area contributed by atoms with Crippen LogP contribution >= 0.6 is 0 Å². The molecule has 0 fully saturated rings. The van der Waals surface area contributed by atoms with E-state index in [1.807, 2.05) is 24.3 Å². The first kappa shape index (κ1) is 11.2. The van der Waals surface area contributed by atoms with Crippen LogP contribution in [0.1, 0.15) is 5.56 Å². The summed E-state index contributed by atoms with van der Waals surface area (Å²) >= 11 is 0. The number of aryl methyl sites for hydroxylation is 1. The monoisotopic (exact) mass is 251 g/mol. The molecule has 3 rings (SSSR count). The second-order valence-corrected chi connectivity index (χ2v) is 3.93. The number of para-hydroxylation sites is 1. The lowest BCUT2D eigenvalue weighted by molar-refractivity contribution is 0.442. The molecule has 1 aromatic carbocycles. The van der Waals surface area contributed by atoms with Gasteiger partial charge in [-0.15, -0.1) is 5.10 Å². The SMILES string of the molecule is Cn1cnc(Oc2c(C#N)cnc3ccccc23)n1. The fourth-order valence-corrected chi connectivity index (χ4v) is 1.76. The Morgan fingerprint density at radius 2 is 2.11 bits per heavy atom. The van der Waals surface area contributed by atoms with Gasteiger partial charge in [0.15, 0.2) is 5.75 Å². The number of benzene rings is 1. The maximum absolute atomic E-state index is 9.15. The zero-order valence-corrected chi connectivity index (χ0v) is 10.1. The van der Waals surface area contributed by atoms with Crippen LogP contribution in [0.4, 0.5) is 0 Å². The highest BCUT2D eigenvalue weighted by Gasteiger charge is 2.12. The van der Waals surface area contributed by atoms with Crippen LogP contribution in [0.3, 0.4) is 0 Å². The highest BCUT2D eigenvalue weighted by atomic mass is 16.5. The number of nitrogens with zero attached hydrogens (tertiary/aromatic N) is 5. The van der Waals surface area contributed by atoms with E-state index >= 15 is 0 Å². The average molecular weight is 251 g/mol. The molecule has 0 unspecified atom stereocenters. The third-order valence-electron chi connectivity index (χ3n) is 2.62. The topological polar surface area (TPSA) is 76.6 Å². The van der Waals surface area contributed by atoms with Crippen molar-refractivity contribution in [2.45, 2.75) is 0 Å². The van der Waals surface area contributed by atoms with Crippen LogP contribution in [0, 0.1) is 11.3 Å². The Hall–Kier alpha value is -2.94. The summed E-state index contributed by atoms with van der Waals surface area (Å²) in [6.45, 7) is 0. The van der Waals surface area contributed by atoms with Gasteiger partial charge in [0.2, 0.25) is 0 Å². The third-order valence-corrected chi connectivity index (χ3v) is 2.62. The Kier molecular flexibility index (Phi) is 2.58. The number of ether oxygens (including phenoxy) is 1. The largest absolute Gasteiger partial charge is 0.421 e. The standard InChI is InChI=1S/C13H9N5O/c1-18-8-16-13(17-18)19-12-9(6-14)7-15-11-5-3-2-4-10(11)12/h2-5,7-8H,1H3. The molecule has 92 valence electrons. The van der Waals surface area contributed by atoms with E-state index < -0.39 is 0 Å². The molecule has 0 aliphatic carbocycles. The number of aromatic nitrogens is 4. The molecule has 0 N–H and O–H groups in total. The fourth-order valence-electron chi connectivity index (χ4n) is 1.76. The van der Waals surface area contributed by atoms with Gasteiger partial charge in [0.05, 0.1) is 5.52 Å². The Labute approximate surface area is 108 Å². The summed E-state index contributed by atoms with van der Waals surface area (Å²) in [5.74, 6) is 0.430. The van der Waals surface area contributed by atoms with Gasteiger partial charge >= 0.3 is 6.01 Å². The number of pyridine rings is 1. The number of rotatable bonds is 2. The van der Waals surface area contributed by atoms with Gasteiger partial charge in [-0.05, 0) is 12.1 Å². The van der Waals surface area contributed by atoms with E-state index in [2.05, 4.69) is 21.1 Å². The summed E-state index contributed by atoms with van der Waals surface area (Å²) in [7, 11) is 1.75. The van der Waals surface area contributed by atoms with Gasteiger partial charge in [0, 0.05) is 18.6 Å². The predicted octanol–water partition coefficient (Wildman–Crippen LogP) is 2.03. The van der Waals surface area contributed by atoms with E-state index in [-0.39, 0.29) is 6.01 Å². The summed E-state index contributed by atoms with van der Waals surface area (Å²) in [6.07, 6.45) is 3.02. The molecular formula is C13H9N5O. The van der Waals surface area contributed by atoms with E-state index in [4.69, 9.17) is 10.00 Å². The second kappa shape index (κ2) is 4.38. The van der Waals surface area contributed by atoms with E-state index in [9.17, 15) is 0 Å². The highest BCUT2D eigenvalue weighted by molar-refractivity contribution is 5.87. The van der Waals surface area contributed by atoms with E-state index in [1.165, 1.54) is 17.2 Å². The molecule has 0 amide bonds. The first-order valence-electron chi connectivity index (χ1n) is 5.59. The van der Waals surface area contributed by atoms with E-state index in [0.29, 0.717) is 11.3 Å². The summed E-state index contributed by atoms with van der Waals surface area (Å²) in [6, 6.07) is 9.72. The minimum atomic E-state index is 0.204. The van der Waals surface area contributed by atoms with Crippen molar-refractivity contribution >= 4 is 10.9 Å². The fraction of sp³-hybridized carbons (Fsp3) is 0.0769. The van der Waals surface area contributed by atoms with Gasteiger partial charge in [-0.25, -0.2) is 0 Å². The van der Waals surface area contributed by atoms with Crippen LogP contribution in [-0.4, -0.2) is 19.7 Å². The van der Waals surface area contributed by atoms with Gasteiger partial charge in [-0.3, -0.25) is 9.67 Å². The van der Waals surface area contributed by atoms with Crippen molar-refractivity contribution in [3.8, 4) is 17.8 Å². The zero-order chi connectivity index (χ0) is 13.2. The van der Waals surface area contributed by atoms with Gasteiger partial charge in [0.1, 0.15) is 18.0 Å². The molecule has 0 aliphatic rings. The number of fused-ring (bicyclic) bond motifs is 1. The van der Waals surface area contributed by atoms with Crippen molar-refractivity contribution in [1.82, 2.24) is 19.7 Å². The normalized spacial score (nSPS) is 10.3. The summed E-state index contributed by atoms with van der Waals surface area (Å²) in [5, 5.41) is 13.9. The lowest BCUT2D eigenvalue weighted by Crippen LogP contribution is -1.94. The van der Waals surface area contributed by atoms with Crippen LogP contribution in [0.25, 0.3) is 10.9 Å². The van der Waals surface area contributed by atoms with E-state index in [1.54, 1.807) is 7.05 Å². The lowest BCUT2D eigenvalue weighted by atomic mass is 10.1. The van der Waals surface area contributed by atoms with Crippen LogP contribution in [0.5, 0.6) is 11.8 Å². The van der Waals surface area contributed by atoms with Crippen molar-refractivity contribution in [1.29, 1.82) is 5.26 Å². The first-order chi connectivity index (χ1) is 9.28. The van der Waals surface area contributed by atoms with Crippen LogP contribution < -0.4 is 4.74 Å². The summed E-state index contributed by atoms with van der Waals surface area (Å²) in [5.41, 5.74) is 1.11. The molecule has 6 heteroatoms. The molecule has 0 atom stereocenters. The highest BCUT2D eigenvalue weighted by Crippen LogP contribution is 2.30. The molecule has 3 aromatic rings. The van der Waals surface area contributed by atoms with Crippen molar-refractivity contribution in [2.24, 2.45) is 7.05 Å². The number of nitriles is 1. The minimum absolute atomic E-state index is 0.204. The molecule has 0 saturated heterocycles. The molecule has 6 nitrogen and oxygen atoms in total. The average Bonchev–Trinajstić information content (AvgIpc) is 2.85. The molecule has 0 spiro atoms. The van der Waals surface area contributed by atoms with Crippen LogP contribution in [0.2, 0.25) is 0 Å². The Bertz CT molecular complexity index is 787. The van der Waals surface area contributed by atoms with Crippen molar-refractivity contribution in [2.75, 3.05) is 0 Å². The van der Waals surface area contributed by atoms with Crippen molar-refractivity contribution in [3.05, 3.63) is 42.4 Å². The van der Waals surface area contributed by atoms with Gasteiger partial charge < -0.3 is 4.74 Å². The molecule has 2 aromatic heterocycles. The second-order valence-electron chi connectivity index (χ2n) is 3.93. The Morgan fingerprint density at radius 1 is 1.26 bits per heavy atom. The maximum Gasteiger partial charge on any atom is 0.341 e. The van der Waals surface area contributed by atoms with Crippen LogP contribution in [-0.2, 0) is 7.05 Å². The van der Waals surface area contributed by atoms with Crippen molar-refractivity contribution in [3.63, 3.8) is 0 Å². The number of hydrogen-bond acceptors (Lipinski definition) is 5. The van der Waals surface area contributed by atoms with Crippen LogP contribution in [0.15, 0.2) is 36.8 Å². The Morgan fingerprint density at radius 3 is 2.84 bits per heavy atom. The van der Waals surface area contributed by atoms with Gasteiger partial charge in [0.25, 0.3) is 0 Å². The predicted molar refractivity (Wildman–Crippen MR) is 67.5 cm³/mol. The zero-order valence-electron chi connectivity index (χ0n) is 10.1. The van der Waals surface area contributed by atoms with Gasteiger partial charge in [-0.1, -0.05) is 12.1 Å². The molecule has 0 aliphatic heterocycles. The molecule has 0 bridgehead atoms. The van der Waals surface area contributed by atoms with Crippen molar-refractivity contribution < 1.29 is 4.74 Å². The maximum atomic E-state index is 9.15. The third kappa shape index (κ3) is 1.98. The summed E-state index contributed by atoms with van der Waals surface area (Å²) < 4.78 is 7.16. The molecule has 0 radical (unpaired) electrons. The molecule has 0 saturated carbocycles. The molecule has 2 heterocycles. The van der Waals surface area contributed by atoms with Gasteiger partial charge in [-0.2, -0.15) is 10.2 Å². The van der Waals surface area contributed by atoms with E-state index in [0.717, 1.165) is 10.9 Å². The smallest absolute Gasteiger partial charge is 0.341 e. The first-order valence-corrected chi connectivity index (χ1v) is 5.59. The molecular weight excluding hydrogens is 242 g/mol. The molecule has 19 heavy (non-hydrogen) atoms. The summed E-state index contributed by atoms with van der Waals surface area (Å²) in [4.78, 5) is 8.20.